The third kappa shape index (κ3) is 4.82. The summed E-state index contributed by atoms with van der Waals surface area (Å²) in [5, 5.41) is 6.89. The summed E-state index contributed by atoms with van der Waals surface area (Å²) in [6.07, 6.45) is 1.02. The Kier molecular flexibility index (Phi) is 6.14. The Labute approximate surface area is 116 Å². The second kappa shape index (κ2) is 8.15. The Balaban J connectivity index is 1.61. The van der Waals surface area contributed by atoms with Gasteiger partial charge in [-0.3, -0.25) is 4.90 Å². The van der Waals surface area contributed by atoms with Crippen molar-refractivity contribution in [2.75, 3.05) is 52.9 Å². The van der Waals surface area contributed by atoms with E-state index in [9.17, 15) is 0 Å². The first kappa shape index (κ1) is 14.3. The highest BCUT2D eigenvalue weighted by Crippen LogP contribution is 2.17. The minimum atomic E-state index is 0.992. The van der Waals surface area contributed by atoms with Crippen LogP contribution in [0.3, 0.4) is 0 Å². The van der Waals surface area contributed by atoms with E-state index >= 15 is 0 Å². The predicted octanol–water partition coefficient (Wildman–Crippen LogP) is 0.733. The smallest absolute Gasteiger partial charge is 0.122 e. The van der Waals surface area contributed by atoms with Gasteiger partial charge >= 0.3 is 0 Å². The Morgan fingerprint density at radius 3 is 2.79 bits per heavy atom. The van der Waals surface area contributed by atoms with Gasteiger partial charge in [-0.05, 0) is 24.6 Å². The summed E-state index contributed by atoms with van der Waals surface area (Å²) in [5.41, 5.74) is 1.28. The van der Waals surface area contributed by atoms with Crippen LogP contribution >= 0.6 is 0 Å². The van der Waals surface area contributed by atoms with E-state index in [2.05, 4.69) is 27.7 Å². The second-order valence-electron chi connectivity index (χ2n) is 4.90. The topological polar surface area (TPSA) is 36.5 Å². The number of hydrogen-bond donors (Lipinski definition) is 2. The van der Waals surface area contributed by atoms with Crippen LogP contribution in [0, 0.1) is 0 Å². The molecule has 4 nitrogen and oxygen atoms in total. The van der Waals surface area contributed by atoms with Gasteiger partial charge in [0.25, 0.3) is 0 Å². The van der Waals surface area contributed by atoms with E-state index in [1.165, 1.54) is 18.7 Å². The SMILES string of the molecule is COc1ccccc1CCNCCN1CCNCC1. The molecule has 0 aromatic heterocycles. The highest BCUT2D eigenvalue weighted by molar-refractivity contribution is 5.33. The molecule has 1 heterocycles. The molecule has 1 aromatic carbocycles. The van der Waals surface area contributed by atoms with Crippen molar-refractivity contribution in [2.45, 2.75) is 6.42 Å². The zero-order valence-corrected chi connectivity index (χ0v) is 11.8. The van der Waals surface area contributed by atoms with Gasteiger partial charge in [-0.15, -0.1) is 0 Å². The Bertz CT molecular complexity index is 364. The summed E-state index contributed by atoms with van der Waals surface area (Å²) >= 11 is 0. The lowest BCUT2D eigenvalue weighted by Gasteiger charge is -2.27. The molecule has 1 fully saturated rings. The van der Waals surface area contributed by atoms with Crippen LogP contribution in [0.15, 0.2) is 24.3 Å². The van der Waals surface area contributed by atoms with E-state index < -0.39 is 0 Å². The number of nitrogens with zero attached hydrogens (tertiary/aromatic N) is 1. The highest BCUT2D eigenvalue weighted by atomic mass is 16.5. The third-order valence-electron chi connectivity index (χ3n) is 3.58. The van der Waals surface area contributed by atoms with Crippen molar-refractivity contribution in [1.29, 1.82) is 0 Å². The number of methoxy groups -OCH3 is 1. The maximum absolute atomic E-state index is 5.35. The zero-order chi connectivity index (χ0) is 13.3. The quantitative estimate of drug-likeness (QED) is 0.711. The number of nitrogens with one attached hydrogen (secondary N) is 2. The van der Waals surface area contributed by atoms with Gasteiger partial charge in [0.2, 0.25) is 0 Å². The van der Waals surface area contributed by atoms with E-state index in [1.807, 2.05) is 12.1 Å². The largest absolute Gasteiger partial charge is 0.496 e. The van der Waals surface area contributed by atoms with Gasteiger partial charge < -0.3 is 15.4 Å². The van der Waals surface area contributed by atoms with Crippen LogP contribution in [0.25, 0.3) is 0 Å². The van der Waals surface area contributed by atoms with Gasteiger partial charge in [-0.1, -0.05) is 18.2 Å². The van der Waals surface area contributed by atoms with Crippen LogP contribution in [0.5, 0.6) is 5.75 Å². The molecule has 0 aliphatic carbocycles. The number of ether oxygens (including phenoxy) is 1. The van der Waals surface area contributed by atoms with E-state index in [0.717, 1.165) is 44.9 Å². The summed E-state index contributed by atoms with van der Waals surface area (Å²) < 4.78 is 5.35. The van der Waals surface area contributed by atoms with Crippen molar-refractivity contribution in [2.24, 2.45) is 0 Å². The van der Waals surface area contributed by atoms with Crippen LogP contribution in [-0.2, 0) is 6.42 Å². The van der Waals surface area contributed by atoms with Gasteiger partial charge in [-0.25, -0.2) is 0 Å². The van der Waals surface area contributed by atoms with Crippen LogP contribution in [0.1, 0.15) is 5.56 Å². The van der Waals surface area contributed by atoms with E-state index in [-0.39, 0.29) is 0 Å². The molecule has 1 aliphatic rings. The van der Waals surface area contributed by atoms with Crippen LogP contribution in [0.2, 0.25) is 0 Å². The van der Waals surface area contributed by atoms with E-state index in [1.54, 1.807) is 7.11 Å². The number of benzene rings is 1. The highest BCUT2D eigenvalue weighted by Gasteiger charge is 2.08. The molecule has 19 heavy (non-hydrogen) atoms. The molecular formula is C15H25N3O. The molecule has 0 unspecified atom stereocenters. The van der Waals surface area contributed by atoms with Crippen LogP contribution in [0.4, 0.5) is 0 Å². The molecule has 4 heteroatoms. The molecule has 2 N–H and O–H groups in total. The van der Waals surface area contributed by atoms with Gasteiger partial charge in [0.15, 0.2) is 0 Å². The number of rotatable bonds is 7. The van der Waals surface area contributed by atoms with Crippen LogP contribution in [-0.4, -0.2) is 57.8 Å². The first-order valence-corrected chi connectivity index (χ1v) is 7.16. The molecule has 2 rings (SSSR count). The lowest BCUT2D eigenvalue weighted by molar-refractivity contribution is 0.241. The van der Waals surface area contributed by atoms with E-state index in [0.29, 0.717) is 0 Å². The van der Waals surface area contributed by atoms with Crippen LogP contribution < -0.4 is 15.4 Å². The molecule has 1 saturated heterocycles. The summed E-state index contributed by atoms with van der Waals surface area (Å²) in [6, 6.07) is 8.24. The predicted molar refractivity (Wildman–Crippen MR) is 78.9 cm³/mol. The minimum absolute atomic E-state index is 0.992. The first-order chi connectivity index (χ1) is 9.40. The minimum Gasteiger partial charge on any atom is -0.496 e. The fourth-order valence-corrected chi connectivity index (χ4v) is 2.43. The second-order valence-corrected chi connectivity index (χ2v) is 4.90. The van der Waals surface area contributed by atoms with Crippen molar-refractivity contribution < 1.29 is 4.74 Å². The molecule has 1 aromatic rings. The molecule has 0 amide bonds. The van der Waals surface area contributed by atoms with Crippen molar-refractivity contribution in [3.63, 3.8) is 0 Å². The first-order valence-electron chi connectivity index (χ1n) is 7.16. The summed E-state index contributed by atoms with van der Waals surface area (Å²) in [7, 11) is 1.73. The Morgan fingerprint density at radius 2 is 2.00 bits per heavy atom. The summed E-state index contributed by atoms with van der Waals surface area (Å²) in [4.78, 5) is 2.51. The van der Waals surface area contributed by atoms with E-state index in [4.69, 9.17) is 4.74 Å². The number of piperazine rings is 1. The average molecular weight is 263 g/mol. The molecule has 1 aliphatic heterocycles. The molecule has 106 valence electrons. The average Bonchev–Trinajstić information content (AvgIpc) is 2.48. The van der Waals surface area contributed by atoms with Gasteiger partial charge in [-0.2, -0.15) is 0 Å². The number of hydrogen-bond acceptors (Lipinski definition) is 4. The lowest BCUT2D eigenvalue weighted by atomic mass is 10.1. The molecule has 0 radical (unpaired) electrons. The van der Waals surface area contributed by atoms with Crippen molar-refractivity contribution >= 4 is 0 Å². The molecule has 0 atom stereocenters. The van der Waals surface area contributed by atoms with Crippen molar-refractivity contribution in [3.8, 4) is 5.75 Å². The van der Waals surface area contributed by atoms with Gasteiger partial charge in [0.05, 0.1) is 7.11 Å². The monoisotopic (exact) mass is 263 g/mol. The lowest BCUT2D eigenvalue weighted by Crippen LogP contribution is -2.45. The maximum Gasteiger partial charge on any atom is 0.122 e. The molecule has 0 saturated carbocycles. The Hall–Kier alpha value is -1.10. The van der Waals surface area contributed by atoms with Crippen molar-refractivity contribution in [1.82, 2.24) is 15.5 Å². The molecule has 0 bridgehead atoms. The molecule has 0 spiro atoms. The molecular weight excluding hydrogens is 238 g/mol. The number of para-hydroxylation sites is 1. The van der Waals surface area contributed by atoms with Crippen molar-refractivity contribution in [3.05, 3.63) is 29.8 Å². The van der Waals surface area contributed by atoms with Gasteiger partial charge in [0, 0.05) is 39.3 Å². The fourth-order valence-electron chi connectivity index (χ4n) is 2.43. The van der Waals surface area contributed by atoms with Gasteiger partial charge in [0.1, 0.15) is 5.75 Å². The fraction of sp³-hybridized carbons (Fsp3) is 0.600. The Morgan fingerprint density at radius 1 is 1.21 bits per heavy atom. The third-order valence-corrected chi connectivity index (χ3v) is 3.58. The summed E-state index contributed by atoms with van der Waals surface area (Å²) in [6.45, 7) is 7.82. The zero-order valence-electron chi connectivity index (χ0n) is 11.8. The standard InChI is InChI=1S/C15H25N3O/c1-19-15-5-3-2-4-14(15)6-7-16-8-11-18-12-9-17-10-13-18/h2-5,16-17H,6-13H2,1H3. The maximum atomic E-state index is 5.35. The summed E-state index contributed by atoms with van der Waals surface area (Å²) in [5.74, 6) is 0.992. The normalized spacial score (nSPS) is 16.5.